The van der Waals surface area contributed by atoms with Gasteiger partial charge in [-0.2, -0.15) is 0 Å². The zero-order valence-electron chi connectivity index (χ0n) is 11.5. The summed E-state index contributed by atoms with van der Waals surface area (Å²) in [7, 11) is 0. The van der Waals surface area contributed by atoms with Crippen molar-refractivity contribution in [2.24, 2.45) is 0 Å². The molecule has 1 heterocycles. The van der Waals surface area contributed by atoms with Gasteiger partial charge in [-0.25, -0.2) is 0 Å². The Hall–Kier alpha value is -2.29. The molecule has 20 heavy (non-hydrogen) atoms. The Morgan fingerprint density at radius 1 is 1.00 bits per heavy atom. The third-order valence-electron chi connectivity index (χ3n) is 3.68. The van der Waals surface area contributed by atoms with Crippen LogP contribution in [-0.4, -0.2) is 16.6 Å². The van der Waals surface area contributed by atoms with Crippen LogP contribution >= 0.6 is 0 Å². The molecule has 0 N–H and O–H groups in total. The summed E-state index contributed by atoms with van der Waals surface area (Å²) in [4.78, 5) is 27.9. The largest absolute Gasteiger partial charge is 0.294 e. The van der Waals surface area contributed by atoms with Crippen molar-refractivity contribution < 1.29 is 9.59 Å². The molecule has 100 valence electrons. The molecular weight excluding hydrogens is 250 g/mol. The van der Waals surface area contributed by atoms with Crippen molar-refractivity contribution in [2.75, 3.05) is 0 Å². The molecule has 0 saturated heterocycles. The van der Waals surface area contributed by atoms with E-state index in [4.69, 9.17) is 0 Å². The molecular formula is C17H15NO2. The highest BCUT2D eigenvalue weighted by molar-refractivity contribution is 6.22. The Labute approximate surface area is 117 Å². The fourth-order valence-corrected chi connectivity index (χ4v) is 2.47. The smallest absolute Gasteiger partial charge is 0.172 e. The van der Waals surface area contributed by atoms with E-state index >= 15 is 0 Å². The monoisotopic (exact) mass is 265 g/mol. The minimum atomic E-state index is -0.746. The van der Waals surface area contributed by atoms with Crippen LogP contribution in [0.25, 0.3) is 10.9 Å². The molecule has 0 unspecified atom stereocenters. The Morgan fingerprint density at radius 2 is 1.70 bits per heavy atom. The second-order valence-corrected chi connectivity index (χ2v) is 5.41. The van der Waals surface area contributed by atoms with E-state index < -0.39 is 5.92 Å². The lowest BCUT2D eigenvalue weighted by molar-refractivity contribution is -0.122. The maximum absolute atomic E-state index is 11.7. The van der Waals surface area contributed by atoms with Crippen LogP contribution in [-0.2, 0) is 9.59 Å². The second kappa shape index (κ2) is 4.67. The third kappa shape index (κ3) is 2.05. The first-order valence-electron chi connectivity index (χ1n) is 6.72. The number of benzene rings is 1. The molecule has 0 saturated carbocycles. The van der Waals surface area contributed by atoms with Gasteiger partial charge in [0.05, 0.1) is 11.2 Å². The predicted molar refractivity (Wildman–Crippen MR) is 77.7 cm³/mol. The van der Waals surface area contributed by atoms with Gasteiger partial charge in [-0.1, -0.05) is 26.0 Å². The Morgan fingerprint density at radius 3 is 2.35 bits per heavy atom. The molecule has 2 aromatic rings. The van der Waals surface area contributed by atoms with Crippen LogP contribution in [0.3, 0.4) is 0 Å². The molecule has 1 aliphatic carbocycles. The molecule has 3 rings (SSSR count). The van der Waals surface area contributed by atoms with Crippen molar-refractivity contribution in [3.63, 3.8) is 0 Å². The van der Waals surface area contributed by atoms with Crippen LogP contribution < -0.4 is 0 Å². The summed E-state index contributed by atoms with van der Waals surface area (Å²) in [6.07, 6.45) is 2.67. The number of ketones is 2. The summed E-state index contributed by atoms with van der Waals surface area (Å²) in [5.41, 5.74) is 2.61. The number of fused-ring (bicyclic) bond motifs is 1. The van der Waals surface area contributed by atoms with Gasteiger partial charge in [-0.15, -0.1) is 0 Å². The van der Waals surface area contributed by atoms with Crippen LogP contribution in [0.15, 0.2) is 42.5 Å². The quantitative estimate of drug-likeness (QED) is 0.784. The van der Waals surface area contributed by atoms with E-state index in [1.54, 1.807) is 6.07 Å². The first kappa shape index (κ1) is 12.7. The van der Waals surface area contributed by atoms with Crippen molar-refractivity contribution in [1.29, 1.82) is 0 Å². The summed E-state index contributed by atoms with van der Waals surface area (Å²) < 4.78 is 0. The molecule has 1 aromatic heterocycles. The van der Waals surface area contributed by atoms with E-state index in [9.17, 15) is 9.59 Å². The van der Waals surface area contributed by atoms with Gasteiger partial charge in [0.25, 0.3) is 0 Å². The number of hydrogen-bond donors (Lipinski definition) is 0. The topological polar surface area (TPSA) is 47.0 Å². The van der Waals surface area contributed by atoms with E-state index in [2.05, 4.69) is 24.9 Å². The summed E-state index contributed by atoms with van der Waals surface area (Å²) in [5.74, 6) is -0.647. The molecule has 1 aliphatic rings. The lowest BCUT2D eigenvalue weighted by atomic mass is 9.97. The SMILES string of the molecule is CC(C)c1ccc2nc(C3C(=O)C=CC3=O)ccc2c1. The van der Waals surface area contributed by atoms with Crippen LogP contribution in [0.1, 0.15) is 36.9 Å². The van der Waals surface area contributed by atoms with Gasteiger partial charge in [-0.05, 0) is 41.8 Å². The highest BCUT2D eigenvalue weighted by atomic mass is 16.2. The van der Waals surface area contributed by atoms with Gasteiger partial charge in [0.2, 0.25) is 0 Å². The number of aromatic nitrogens is 1. The van der Waals surface area contributed by atoms with Crippen molar-refractivity contribution in [3.05, 3.63) is 53.7 Å². The Kier molecular flexibility index (Phi) is 2.97. The highest BCUT2D eigenvalue weighted by Gasteiger charge is 2.30. The van der Waals surface area contributed by atoms with E-state index in [-0.39, 0.29) is 11.6 Å². The molecule has 0 bridgehead atoms. The predicted octanol–water partition coefficient (Wildman–Crippen LogP) is 3.15. The maximum atomic E-state index is 11.7. The minimum absolute atomic E-state index is 0.180. The van der Waals surface area contributed by atoms with Crippen LogP contribution in [0, 0.1) is 0 Å². The number of allylic oxidation sites excluding steroid dienone is 2. The minimum Gasteiger partial charge on any atom is -0.294 e. The third-order valence-corrected chi connectivity index (χ3v) is 3.68. The number of pyridine rings is 1. The standard InChI is InChI=1S/C17H15NO2/c1-10(2)11-3-5-13-12(9-11)4-6-14(18-13)17-15(19)7-8-16(17)20/h3-10,17H,1-2H3. The highest BCUT2D eigenvalue weighted by Crippen LogP contribution is 2.26. The number of hydrogen-bond acceptors (Lipinski definition) is 3. The zero-order chi connectivity index (χ0) is 14.3. The Balaban J connectivity index is 2.06. The van der Waals surface area contributed by atoms with Gasteiger partial charge in [0.15, 0.2) is 11.6 Å². The first-order chi connectivity index (χ1) is 9.56. The maximum Gasteiger partial charge on any atom is 0.172 e. The number of carbonyl (C=O) groups is 2. The Bertz CT molecular complexity index is 726. The molecule has 0 radical (unpaired) electrons. The average molecular weight is 265 g/mol. The van der Waals surface area contributed by atoms with Crippen molar-refractivity contribution >= 4 is 22.5 Å². The lowest BCUT2D eigenvalue weighted by Crippen LogP contribution is -2.14. The fraction of sp³-hybridized carbons (Fsp3) is 0.235. The molecule has 0 fully saturated rings. The summed E-state index contributed by atoms with van der Waals surface area (Å²) >= 11 is 0. The molecule has 3 nitrogen and oxygen atoms in total. The fourth-order valence-electron chi connectivity index (χ4n) is 2.47. The van der Waals surface area contributed by atoms with Crippen LogP contribution in [0.5, 0.6) is 0 Å². The zero-order valence-corrected chi connectivity index (χ0v) is 11.5. The summed E-state index contributed by atoms with van der Waals surface area (Å²) in [6.45, 7) is 4.29. The van der Waals surface area contributed by atoms with Gasteiger partial charge >= 0.3 is 0 Å². The molecule has 1 aromatic carbocycles. The number of carbonyl (C=O) groups excluding carboxylic acids is 2. The summed E-state index contributed by atoms with van der Waals surface area (Å²) in [6, 6.07) is 9.81. The molecule has 0 aliphatic heterocycles. The summed E-state index contributed by atoms with van der Waals surface area (Å²) in [5, 5.41) is 1.03. The normalized spacial score (nSPS) is 15.8. The number of nitrogens with zero attached hydrogens (tertiary/aromatic N) is 1. The van der Waals surface area contributed by atoms with Gasteiger partial charge < -0.3 is 0 Å². The van der Waals surface area contributed by atoms with Crippen molar-refractivity contribution in [3.8, 4) is 0 Å². The molecule has 3 heteroatoms. The van der Waals surface area contributed by atoms with Gasteiger partial charge in [-0.3, -0.25) is 14.6 Å². The van der Waals surface area contributed by atoms with Gasteiger partial charge in [0.1, 0.15) is 5.92 Å². The first-order valence-corrected chi connectivity index (χ1v) is 6.72. The molecule has 0 amide bonds. The number of rotatable bonds is 2. The van der Waals surface area contributed by atoms with E-state index in [0.29, 0.717) is 11.6 Å². The molecule has 0 spiro atoms. The van der Waals surface area contributed by atoms with E-state index in [1.165, 1.54) is 17.7 Å². The van der Waals surface area contributed by atoms with Crippen LogP contribution in [0.4, 0.5) is 0 Å². The average Bonchev–Trinajstić information content (AvgIpc) is 2.77. The van der Waals surface area contributed by atoms with Crippen LogP contribution in [0.2, 0.25) is 0 Å². The second-order valence-electron chi connectivity index (χ2n) is 5.41. The van der Waals surface area contributed by atoms with E-state index in [1.807, 2.05) is 18.2 Å². The van der Waals surface area contributed by atoms with E-state index in [0.717, 1.165) is 10.9 Å². The van der Waals surface area contributed by atoms with Crippen molar-refractivity contribution in [1.82, 2.24) is 4.98 Å². The van der Waals surface area contributed by atoms with Gasteiger partial charge in [0, 0.05) is 5.39 Å². The lowest BCUT2D eigenvalue weighted by Gasteiger charge is -2.10. The molecule has 0 atom stereocenters. The van der Waals surface area contributed by atoms with Crippen molar-refractivity contribution in [2.45, 2.75) is 25.7 Å².